The van der Waals surface area contributed by atoms with Crippen molar-refractivity contribution >= 4 is 39.5 Å². The van der Waals surface area contributed by atoms with E-state index in [9.17, 15) is 14.7 Å². The van der Waals surface area contributed by atoms with Gasteiger partial charge in [0.2, 0.25) is 5.91 Å². The number of carbonyl (C=O) groups excluding carboxylic acids is 2. The SMILES string of the molecule is COC(=O)c1cc2oc3ccc(O)cc3c2cc1N(C(=O)C1CCC(C)CC1)C(C)C. The van der Waals surface area contributed by atoms with Crippen LogP contribution in [0.5, 0.6) is 5.75 Å². The first-order valence-corrected chi connectivity index (χ1v) is 10.9. The van der Waals surface area contributed by atoms with Crippen LogP contribution in [0, 0.1) is 11.8 Å². The maximum atomic E-state index is 13.6. The first-order chi connectivity index (χ1) is 14.8. The number of benzene rings is 2. The van der Waals surface area contributed by atoms with Crippen LogP contribution in [0.25, 0.3) is 21.9 Å². The lowest BCUT2D eigenvalue weighted by Gasteiger charge is -2.34. The van der Waals surface area contributed by atoms with Crippen LogP contribution in [-0.2, 0) is 9.53 Å². The number of furan rings is 1. The number of aromatic hydroxyl groups is 1. The van der Waals surface area contributed by atoms with Crippen LogP contribution in [0.15, 0.2) is 34.7 Å². The first-order valence-electron chi connectivity index (χ1n) is 10.9. The number of phenolic OH excluding ortho intramolecular Hbond substituents is 1. The second-order valence-corrected chi connectivity index (χ2v) is 8.90. The fourth-order valence-corrected chi connectivity index (χ4v) is 4.63. The molecule has 1 N–H and O–H groups in total. The Labute approximate surface area is 181 Å². The smallest absolute Gasteiger partial charge is 0.340 e. The summed E-state index contributed by atoms with van der Waals surface area (Å²) in [5, 5.41) is 11.4. The number of anilines is 1. The van der Waals surface area contributed by atoms with Crippen molar-refractivity contribution in [1.82, 2.24) is 0 Å². The Morgan fingerprint density at radius 3 is 2.39 bits per heavy atom. The lowest BCUT2D eigenvalue weighted by Crippen LogP contribution is -2.43. The number of phenols is 1. The van der Waals surface area contributed by atoms with Crippen molar-refractivity contribution in [1.29, 1.82) is 0 Å². The molecule has 0 unspecified atom stereocenters. The highest BCUT2D eigenvalue weighted by atomic mass is 16.5. The third-order valence-corrected chi connectivity index (χ3v) is 6.35. The largest absolute Gasteiger partial charge is 0.508 e. The molecule has 1 aliphatic carbocycles. The van der Waals surface area contributed by atoms with Crippen LogP contribution in [0.2, 0.25) is 0 Å². The van der Waals surface area contributed by atoms with Crippen molar-refractivity contribution in [3.8, 4) is 5.75 Å². The predicted octanol–water partition coefficient (Wildman–Crippen LogP) is 5.65. The maximum absolute atomic E-state index is 13.6. The molecule has 0 aliphatic heterocycles. The summed E-state index contributed by atoms with van der Waals surface area (Å²) >= 11 is 0. The molecule has 1 aliphatic rings. The zero-order valence-electron chi connectivity index (χ0n) is 18.5. The molecule has 1 saturated carbocycles. The number of fused-ring (bicyclic) bond motifs is 3. The molecule has 1 amide bonds. The molecule has 3 aromatic rings. The van der Waals surface area contributed by atoms with E-state index in [0.29, 0.717) is 28.3 Å². The highest BCUT2D eigenvalue weighted by Crippen LogP contribution is 2.38. The highest BCUT2D eigenvalue weighted by molar-refractivity contribution is 6.12. The average Bonchev–Trinajstić information content (AvgIpc) is 3.09. The van der Waals surface area contributed by atoms with Gasteiger partial charge in [0, 0.05) is 22.7 Å². The van der Waals surface area contributed by atoms with Crippen molar-refractivity contribution in [2.75, 3.05) is 12.0 Å². The van der Waals surface area contributed by atoms with Gasteiger partial charge in [-0.2, -0.15) is 0 Å². The number of hydrogen-bond acceptors (Lipinski definition) is 5. The number of nitrogens with zero attached hydrogens (tertiary/aromatic N) is 1. The minimum atomic E-state index is -0.518. The van der Waals surface area contributed by atoms with Gasteiger partial charge in [0.15, 0.2) is 0 Å². The van der Waals surface area contributed by atoms with Crippen LogP contribution in [0.4, 0.5) is 5.69 Å². The average molecular weight is 424 g/mol. The highest BCUT2D eigenvalue weighted by Gasteiger charge is 2.33. The Balaban J connectivity index is 1.88. The van der Waals surface area contributed by atoms with E-state index in [2.05, 4.69) is 6.92 Å². The summed E-state index contributed by atoms with van der Waals surface area (Å²) in [6.07, 6.45) is 3.80. The summed E-state index contributed by atoms with van der Waals surface area (Å²) in [6.45, 7) is 6.13. The molecule has 1 aromatic heterocycles. The summed E-state index contributed by atoms with van der Waals surface area (Å²) in [5.41, 5.74) is 1.92. The van der Waals surface area contributed by atoms with Crippen LogP contribution in [0.1, 0.15) is 56.8 Å². The molecule has 164 valence electrons. The molecular weight excluding hydrogens is 394 g/mol. The van der Waals surface area contributed by atoms with Crippen LogP contribution < -0.4 is 4.90 Å². The van der Waals surface area contributed by atoms with Gasteiger partial charge >= 0.3 is 5.97 Å². The van der Waals surface area contributed by atoms with Gasteiger partial charge in [-0.1, -0.05) is 6.92 Å². The monoisotopic (exact) mass is 423 g/mol. The summed E-state index contributed by atoms with van der Waals surface area (Å²) in [5.74, 6) is 0.244. The van der Waals surface area contributed by atoms with E-state index in [4.69, 9.17) is 9.15 Å². The molecule has 0 bridgehead atoms. The third kappa shape index (κ3) is 3.87. The molecule has 2 aromatic carbocycles. The molecule has 0 saturated heterocycles. The lowest BCUT2D eigenvalue weighted by atomic mass is 9.82. The van der Waals surface area contributed by atoms with Crippen LogP contribution in [-0.4, -0.2) is 30.1 Å². The molecule has 0 atom stereocenters. The summed E-state index contributed by atoms with van der Waals surface area (Å²) in [4.78, 5) is 28.0. The van der Waals surface area contributed by atoms with Crippen LogP contribution >= 0.6 is 0 Å². The summed E-state index contributed by atoms with van der Waals surface area (Å²) in [6, 6.07) is 8.19. The molecule has 4 rings (SSSR count). The molecule has 1 fully saturated rings. The second-order valence-electron chi connectivity index (χ2n) is 8.90. The number of carbonyl (C=O) groups is 2. The van der Waals surface area contributed by atoms with Gasteiger partial charge in [0.1, 0.15) is 16.9 Å². The zero-order chi connectivity index (χ0) is 22.3. The molecule has 31 heavy (non-hydrogen) atoms. The number of esters is 1. The molecule has 1 heterocycles. The van der Waals surface area contributed by atoms with E-state index >= 15 is 0 Å². The maximum Gasteiger partial charge on any atom is 0.340 e. The molecule has 6 heteroatoms. The van der Waals surface area contributed by atoms with Gasteiger partial charge in [-0.25, -0.2) is 4.79 Å². The van der Waals surface area contributed by atoms with E-state index < -0.39 is 5.97 Å². The number of methoxy groups -OCH3 is 1. The van der Waals surface area contributed by atoms with E-state index in [1.807, 2.05) is 19.9 Å². The van der Waals surface area contributed by atoms with E-state index in [0.717, 1.165) is 36.5 Å². The standard InChI is InChI=1S/C25H29NO5/c1-14(2)26(24(28)16-7-5-15(3)6-8-16)21-12-19-18-11-17(27)9-10-22(18)31-23(19)13-20(21)25(29)30-4/h9-16,27H,5-8H2,1-4H3. The molecular formula is C25H29NO5. The Kier molecular flexibility index (Phi) is 5.65. The van der Waals surface area contributed by atoms with Gasteiger partial charge < -0.3 is 19.2 Å². The Morgan fingerprint density at radius 2 is 1.74 bits per heavy atom. The van der Waals surface area contributed by atoms with Gasteiger partial charge in [-0.05, 0) is 75.8 Å². The Hall–Kier alpha value is -3.02. The molecule has 0 radical (unpaired) electrons. The molecule has 6 nitrogen and oxygen atoms in total. The van der Waals surface area contributed by atoms with Gasteiger partial charge in [-0.15, -0.1) is 0 Å². The van der Waals surface area contributed by atoms with Crippen molar-refractivity contribution in [3.63, 3.8) is 0 Å². The van der Waals surface area contributed by atoms with Gasteiger partial charge in [0.25, 0.3) is 0 Å². The Bertz CT molecular complexity index is 1140. The first kappa shape index (κ1) is 21.2. The minimum Gasteiger partial charge on any atom is -0.508 e. The number of hydrogen-bond donors (Lipinski definition) is 1. The van der Waals surface area contributed by atoms with Crippen molar-refractivity contribution < 1.29 is 23.8 Å². The summed E-state index contributed by atoms with van der Waals surface area (Å²) in [7, 11) is 1.33. The second kappa shape index (κ2) is 8.25. The normalized spacial score (nSPS) is 19.1. The Morgan fingerprint density at radius 1 is 1.06 bits per heavy atom. The zero-order valence-corrected chi connectivity index (χ0v) is 18.5. The number of rotatable bonds is 4. The number of ether oxygens (including phenoxy) is 1. The van der Waals surface area contributed by atoms with E-state index in [-0.39, 0.29) is 23.6 Å². The van der Waals surface area contributed by atoms with Crippen molar-refractivity contribution in [2.24, 2.45) is 11.8 Å². The summed E-state index contributed by atoms with van der Waals surface area (Å²) < 4.78 is 10.9. The van der Waals surface area contributed by atoms with E-state index in [1.54, 1.807) is 29.2 Å². The molecule has 0 spiro atoms. The fraction of sp³-hybridized carbons (Fsp3) is 0.440. The van der Waals surface area contributed by atoms with Gasteiger partial charge in [0.05, 0.1) is 18.4 Å². The quantitative estimate of drug-likeness (QED) is 0.549. The van der Waals surface area contributed by atoms with Crippen LogP contribution in [0.3, 0.4) is 0 Å². The lowest BCUT2D eigenvalue weighted by molar-refractivity contribution is -0.123. The predicted molar refractivity (Wildman–Crippen MR) is 120 cm³/mol. The third-order valence-electron chi connectivity index (χ3n) is 6.35. The van der Waals surface area contributed by atoms with Gasteiger partial charge in [-0.3, -0.25) is 4.79 Å². The fourth-order valence-electron chi connectivity index (χ4n) is 4.63. The topological polar surface area (TPSA) is 80.0 Å². The minimum absolute atomic E-state index is 0.0436. The van der Waals surface area contributed by atoms with Crippen molar-refractivity contribution in [2.45, 2.75) is 52.5 Å². The van der Waals surface area contributed by atoms with E-state index in [1.165, 1.54) is 7.11 Å². The van der Waals surface area contributed by atoms with Crippen molar-refractivity contribution in [3.05, 3.63) is 35.9 Å². The number of amides is 1.